The number of carbonyl (C=O) groups excluding carboxylic acids is 1. The van der Waals surface area contributed by atoms with Gasteiger partial charge in [-0.2, -0.15) is 0 Å². The minimum Gasteiger partial charge on any atom is -0.463 e. The van der Waals surface area contributed by atoms with Crippen LogP contribution in [0.5, 0.6) is 0 Å². The molecule has 1 fully saturated rings. The van der Waals surface area contributed by atoms with Crippen molar-refractivity contribution in [1.82, 2.24) is 4.90 Å². The molecule has 64 valence electrons. The van der Waals surface area contributed by atoms with E-state index in [1.54, 1.807) is 0 Å². The van der Waals surface area contributed by atoms with Crippen LogP contribution in [0.2, 0.25) is 0 Å². The first-order chi connectivity index (χ1) is 5.33. The summed E-state index contributed by atoms with van der Waals surface area (Å²) in [4.78, 5) is 12.8. The normalized spacial score (nSPS) is 19.9. The molecule has 0 aromatic rings. The molecule has 1 saturated heterocycles. The highest BCUT2D eigenvalue weighted by Gasteiger charge is 2.16. The minimum atomic E-state index is -0.117. The summed E-state index contributed by atoms with van der Waals surface area (Å²) in [7, 11) is 0. The second-order valence-corrected chi connectivity index (χ2v) is 2.64. The van der Waals surface area contributed by atoms with Crippen LogP contribution in [0.15, 0.2) is 0 Å². The molecular formula is C7H14N2O2. The highest BCUT2D eigenvalue weighted by atomic mass is 16.5. The van der Waals surface area contributed by atoms with E-state index >= 15 is 0 Å². The van der Waals surface area contributed by atoms with E-state index in [0.717, 1.165) is 19.5 Å². The van der Waals surface area contributed by atoms with E-state index in [9.17, 15) is 4.79 Å². The van der Waals surface area contributed by atoms with Gasteiger partial charge in [-0.1, -0.05) is 0 Å². The molecule has 1 heterocycles. The molecule has 1 aliphatic heterocycles. The van der Waals surface area contributed by atoms with Crippen molar-refractivity contribution in [3.05, 3.63) is 0 Å². The van der Waals surface area contributed by atoms with Gasteiger partial charge in [-0.05, 0) is 13.0 Å². The third-order valence-electron chi connectivity index (χ3n) is 1.70. The van der Waals surface area contributed by atoms with Gasteiger partial charge in [0.1, 0.15) is 6.61 Å². The first-order valence-electron chi connectivity index (χ1n) is 3.91. The van der Waals surface area contributed by atoms with Crippen molar-refractivity contribution in [2.75, 3.05) is 32.8 Å². The number of nitrogens with two attached hydrogens (primary N) is 1. The van der Waals surface area contributed by atoms with Crippen LogP contribution in [0.25, 0.3) is 0 Å². The van der Waals surface area contributed by atoms with Crippen LogP contribution in [0, 0.1) is 0 Å². The SMILES string of the molecule is NCCCN1CCOC(=O)C1. The Labute approximate surface area is 66.3 Å². The number of carbonyl (C=O) groups is 1. The molecule has 0 atom stereocenters. The van der Waals surface area contributed by atoms with E-state index in [1.165, 1.54) is 0 Å². The van der Waals surface area contributed by atoms with Gasteiger partial charge in [0, 0.05) is 13.1 Å². The topological polar surface area (TPSA) is 55.6 Å². The van der Waals surface area contributed by atoms with Gasteiger partial charge in [-0.3, -0.25) is 9.69 Å². The van der Waals surface area contributed by atoms with Gasteiger partial charge in [-0.15, -0.1) is 0 Å². The summed E-state index contributed by atoms with van der Waals surface area (Å²) in [6.07, 6.45) is 0.952. The Bertz CT molecular complexity index is 138. The van der Waals surface area contributed by atoms with Crippen LogP contribution in [0.1, 0.15) is 6.42 Å². The predicted octanol–water partition coefficient (Wildman–Crippen LogP) is -0.806. The monoisotopic (exact) mass is 158 g/mol. The van der Waals surface area contributed by atoms with Crippen molar-refractivity contribution in [2.24, 2.45) is 5.73 Å². The zero-order chi connectivity index (χ0) is 8.10. The van der Waals surface area contributed by atoms with Crippen molar-refractivity contribution in [3.8, 4) is 0 Å². The number of rotatable bonds is 3. The molecule has 0 saturated carbocycles. The summed E-state index contributed by atoms with van der Waals surface area (Å²) in [5.41, 5.74) is 5.34. The van der Waals surface area contributed by atoms with Crippen molar-refractivity contribution >= 4 is 5.97 Å². The lowest BCUT2D eigenvalue weighted by Crippen LogP contribution is -2.40. The van der Waals surface area contributed by atoms with Crippen LogP contribution in [0.3, 0.4) is 0 Å². The van der Waals surface area contributed by atoms with Gasteiger partial charge in [0.05, 0.1) is 6.54 Å². The van der Waals surface area contributed by atoms with Crippen LogP contribution in [0.4, 0.5) is 0 Å². The first-order valence-corrected chi connectivity index (χ1v) is 3.91. The number of hydrogen-bond donors (Lipinski definition) is 1. The fourth-order valence-corrected chi connectivity index (χ4v) is 1.10. The number of cyclic esters (lactones) is 1. The lowest BCUT2D eigenvalue weighted by atomic mass is 10.3. The van der Waals surface area contributed by atoms with Crippen molar-refractivity contribution in [1.29, 1.82) is 0 Å². The molecule has 1 aliphatic rings. The molecule has 0 spiro atoms. The van der Waals surface area contributed by atoms with Gasteiger partial charge >= 0.3 is 5.97 Å². The largest absolute Gasteiger partial charge is 0.463 e. The summed E-state index contributed by atoms with van der Waals surface area (Å²) in [6.45, 7) is 3.41. The number of ether oxygens (including phenoxy) is 1. The van der Waals surface area contributed by atoms with Crippen LogP contribution >= 0.6 is 0 Å². The molecule has 2 N–H and O–H groups in total. The Morgan fingerprint density at radius 2 is 2.45 bits per heavy atom. The Morgan fingerprint density at radius 3 is 3.09 bits per heavy atom. The molecule has 0 unspecified atom stereocenters. The van der Waals surface area contributed by atoms with Gasteiger partial charge < -0.3 is 10.5 Å². The fourth-order valence-electron chi connectivity index (χ4n) is 1.10. The molecule has 0 bridgehead atoms. The Kier molecular flexibility index (Phi) is 3.32. The van der Waals surface area contributed by atoms with E-state index in [-0.39, 0.29) is 5.97 Å². The second-order valence-electron chi connectivity index (χ2n) is 2.64. The van der Waals surface area contributed by atoms with E-state index in [4.69, 9.17) is 10.5 Å². The third-order valence-corrected chi connectivity index (χ3v) is 1.70. The summed E-state index contributed by atoms with van der Waals surface area (Å²) in [5, 5.41) is 0. The molecule has 0 aliphatic carbocycles. The Hall–Kier alpha value is -0.610. The molecular weight excluding hydrogens is 144 g/mol. The predicted molar refractivity (Wildman–Crippen MR) is 41.1 cm³/mol. The highest BCUT2D eigenvalue weighted by molar-refractivity contribution is 5.72. The van der Waals surface area contributed by atoms with E-state index in [1.807, 2.05) is 0 Å². The molecule has 0 aromatic heterocycles. The molecule has 0 radical (unpaired) electrons. The van der Waals surface area contributed by atoms with E-state index < -0.39 is 0 Å². The van der Waals surface area contributed by atoms with Crippen molar-refractivity contribution < 1.29 is 9.53 Å². The van der Waals surface area contributed by atoms with E-state index in [2.05, 4.69) is 4.90 Å². The standard InChI is InChI=1S/C7H14N2O2/c8-2-1-3-9-4-5-11-7(10)6-9/h1-6,8H2. The molecule has 4 nitrogen and oxygen atoms in total. The van der Waals surface area contributed by atoms with Crippen LogP contribution in [-0.2, 0) is 9.53 Å². The van der Waals surface area contributed by atoms with E-state index in [0.29, 0.717) is 19.7 Å². The maximum Gasteiger partial charge on any atom is 0.320 e. The maximum atomic E-state index is 10.7. The molecule has 1 rings (SSSR count). The van der Waals surface area contributed by atoms with Gasteiger partial charge in [-0.25, -0.2) is 0 Å². The Balaban J connectivity index is 2.17. The quantitative estimate of drug-likeness (QED) is 0.546. The minimum absolute atomic E-state index is 0.117. The number of morpholine rings is 1. The third kappa shape index (κ3) is 2.86. The number of esters is 1. The first kappa shape index (κ1) is 8.49. The zero-order valence-electron chi connectivity index (χ0n) is 6.58. The van der Waals surface area contributed by atoms with Crippen LogP contribution < -0.4 is 5.73 Å². The lowest BCUT2D eigenvalue weighted by Gasteiger charge is -2.25. The fraction of sp³-hybridized carbons (Fsp3) is 0.857. The summed E-state index contributed by atoms with van der Waals surface area (Å²) < 4.78 is 4.78. The smallest absolute Gasteiger partial charge is 0.320 e. The lowest BCUT2D eigenvalue weighted by molar-refractivity contribution is -0.150. The van der Waals surface area contributed by atoms with Gasteiger partial charge in [0.2, 0.25) is 0 Å². The second kappa shape index (κ2) is 4.31. The number of hydrogen-bond acceptors (Lipinski definition) is 4. The molecule has 4 heteroatoms. The van der Waals surface area contributed by atoms with Gasteiger partial charge in [0.15, 0.2) is 0 Å². The van der Waals surface area contributed by atoms with Crippen molar-refractivity contribution in [3.63, 3.8) is 0 Å². The molecule has 11 heavy (non-hydrogen) atoms. The molecule has 0 aromatic carbocycles. The van der Waals surface area contributed by atoms with Gasteiger partial charge in [0.25, 0.3) is 0 Å². The van der Waals surface area contributed by atoms with Crippen molar-refractivity contribution in [2.45, 2.75) is 6.42 Å². The highest BCUT2D eigenvalue weighted by Crippen LogP contribution is 1.98. The average Bonchev–Trinajstić information content (AvgIpc) is 2.01. The number of nitrogens with zero attached hydrogens (tertiary/aromatic N) is 1. The average molecular weight is 158 g/mol. The maximum absolute atomic E-state index is 10.7. The summed E-state index contributed by atoms with van der Waals surface area (Å²) in [6, 6.07) is 0. The van der Waals surface area contributed by atoms with Crippen LogP contribution in [-0.4, -0.2) is 43.7 Å². The Morgan fingerprint density at radius 1 is 1.64 bits per heavy atom. The summed E-state index contributed by atoms with van der Waals surface area (Å²) >= 11 is 0. The summed E-state index contributed by atoms with van der Waals surface area (Å²) in [5.74, 6) is -0.117. The zero-order valence-corrected chi connectivity index (χ0v) is 6.58. The molecule has 0 amide bonds.